The van der Waals surface area contributed by atoms with Crippen LogP contribution in [0.4, 0.5) is 0 Å². The summed E-state index contributed by atoms with van der Waals surface area (Å²) in [5.41, 5.74) is 7.37. The maximum absolute atomic E-state index is 5.86. The fourth-order valence-electron chi connectivity index (χ4n) is 1.81. The zero-order valence-corrected chi connectivity index (χ0v) is 13.7. The molecule has 0 aliphatic rings. The number of fused-ring (bicyclic) bond motifs is 1. The van der Waals surface area contributed by atoms with Crippen LogP contribution in [0.5, 0.6) is 5.88 Å². The van der Waals surface area contributed by atoms with Gasteiger partial charge in [-0.15, -0.1) is 0 Å². The molecule has 0 saturated heterocycles. The molecular weight excluding hydrogens is 282 g/mol. The first-order valence-corrected chi connectivity index (χ1v) is 7.22. The maximum atomic E-state index is 5.86. The van der Waals surface area contributed by atoms with Crippen LogP contribution < -0.4 is 10.5 Å². The lowest BCUT2D eigenvalue weighted by Gasteiger charge is -2.32. The SMILES string of the molecule is CN(C)C(C)(C)COc1cc(C(N)=S)c2ccccc2n1. The molecule has 0 spiro atoms. The average Bonchev–Trinajstić information content (AvgIpc) is 2.44. The van der Waals surface area contributed by atoms with Gasteiger partial charge in [0.15, 0.2) is 0 Å². The Morgan fingerprint density at radius 3 is 2.62 bits per heavy atom. The van der Waals surface area contributed by atoms with E-state index in [-0.39, 0.29) is 5.54 Å². The summed E-state index contributed by atoms with van der Waals surface area (Å²) in [6.45, 7) is 4.76. The summed E-state index contributed by atoms with van der Waals surface area (Å²) in [5.74, 6) is 0.548. The van der Waals surface area contributed by atoms with Crippen molar-refractivity contribution in [2.75, 3.05) is 20.7 Å². The molecule has 0 radical (unpaired) electrons. The summed E-state index contributed by atoms with van der Waals surface area (Å²) in [6, 6.07) is 9.59. The van der Waals surface area contributed by atoms with Gasteiger partial charge in [-0.25, -0.2) is 4.98 Å². The summed E-state index contributed by atoms with van der Waals surface area (Å²) in [6.07, 6.45) is 0. The Balaban J connectivity index is 2.35. The molecule has 1 aromatic heterocycles. The van der Waals surface area contributed by atoms with Crippen molar-refractivity contribution in [1.82, 2.24) is 9.88 Å². The first-order valence-electron chi connectivity index (χ1n) is 6.81. The first kappa shape index (κ1) is 15.7. The van der Waals surface area contributed by atoms with Gasteiger partial charge in [-0.1, -0.05) is 30.4 Å². The lowest BCUT2D eigenvalue weighted by atomic mass is 10.1. The van der Waals surface area contributed by atoms with Crippen molar-refractivity contribution in [2.45, 2.75) is 19.4 Å². The van der Waals surface area contributed by atoms with Gasteiger partial charge < -0.3 is 15.4 Å². The number of thiocarbonyl (C=S) groups is 1. The highest BCUT2D eigenvalue weighted by atomic mass is 32.1. The van der Waals surface area contributed by atoms with E-state index in [2.05, 4.69) is 23.7 Å². The number of nitrogens with zero attached hydrogens (tertiary/aromatic N) is 2. The van der Waals surface area contributed by atoms with E-state index in [1.54, 1.807) is 0 Å². The van der Waals surface area contributed by atoms with Gasteiger partial charge in [0, 0.05) is 22.6 Å². The third kappa shape index (κ3) is 3.49. The number of hydrogen-bond acceptors (Lipinski definition) is 4. The van der Waals surface area contributed by atoms with Crippen LogP contribution in [0.25, 0.3) is 10.9 Å². The van der Waals surface area contributed by atoms with E-state index in [0.717, 1.165) is 16.5 Å². The molecule has 0 atom stereocenters. The Kier molecular flexibility index (Phi) is 4.44. The van der Waals surface area contributed by atoms with Crippen molar-refractivity contribution in [3.63, 3.8) is 0 Å². The maximum Gasteiger partial charge on any atom is 0.214 e. The molecular formula is C16H21N3OS. The molecule has 0 bridgehead atoms. The highest BCUT2D eigenvalue weighted by molar-refractivity contribution is 7.80. The predicted octanol–water partition coefficient (Wildman–Crippen LogP) is 2.59. The molecule has 21 heavy (non-hydrogen) atoms. The van der Waals surface area contributed by atoms with Crippen molar-refractivity contribution in [2.24, 2.45) is 5.73 Å². The molecule has 112 valence electrons. The Hall–Kier alpha value is -1.72. The monoisotopic (exact) mass is 303 g/mol. The molecule has 2 N–H and O–H groups in total. The normalized spacial score (nSPS) is 11.9. The molecule has 0 aliphatic carbocycles. The zero-order chi connectivity index (χ0) is 15.6. The number of nitrogens with two attached hydrogens (primary N) is 1. The van der Waals surface area contributed by atoms with Crippen LogP contribution >= 0.6 is 12.2 Å². The summed E-state index contributed by atoms with van der Waals surface area (Å²) < 4.78 is 5.86. The molecule has 1 heterocycles. The minimum absolute atomic E-state index is 0.0866. The Labute approximate surface area is 130 Å². The van der Waals surface area contributed by atoms with Crippen LogP contribution in [0.3, 0.4) is 0 Å². The van der Waals surface area contributed by atoms with E-state index in [4.69, 9.17) is 22.7 Å². The van der Waals surface area contributed by atoms with E-state index < -0.39 is 0 Å². The molecule has 0 amide bonds. The largest absolute Gasteiger partial charge is 0.476 e. The molecule has 5 heteroatoms. The molecule has 0 saturated carbocycles. The van der Waals surface area contributed by atoms with Crippen molar-refractivity contribution >= 4 is 28.1 Å². The van der Waals surface area contributed by atoms with Crippen molar-refractivity contribution in [1.29, 1.82) is 0 Å². The van der Waals surface area contributed by atoms with Gasteiger partial charge in [0.05, 0.1) is 5.52 Å². The van der Waals surface area contributed by atoms with Gasteiger partial charge in [0.1, 0.15) is 11.6 Å². The summed E-state index contributed by atoms with van der Waals surface area (Å²) in [7, 11) is 4.05. The molecule has 0 fully saturated rings. The molecule has 4 nitrogen and oxygen atoms in total. The van der Waals surface area contributed by atoms with Crippen LogP contribution in [0.1, 0.15) is 19.4 Å². The summed E-state index contributed by atoms with van der Waals surface area (Å²) in [4.78, 5) is 6.99. The minimum Gasteiger partial charge on any atom is -0.476 e. The molecule has 1 aromatic carbocycles. The highest BCUT2D eigenvalue weighted by Gasteiger charge is 2.22. The third-order valence-electron chi connectivity index (χ3n) is 3.74. The van der Waals surface area contributed by atoms with Crippen LogP contribution in [0, 0.1) is 0 Å². The minimum atomic E-state index is -0.0866. The van der Waals surface area contributed by atoms with E-state index in [1.807, 2.05) is 44.4 Å². The van der Waals surface area contributed by atoms with Gasteiger partial charge in [0.2, 0.25) is 5.88 Å². The first-order chi connectivity index (χ1) is 9.81. The van der Waals surface area contributed by atoms with Gasteiger partial charge >= 0.3 is 0 Å². The van der Waals surface area contributed by atoms with Crippen LogP contribution in [-0.2, 0) is 0 Å². The van der Waals surface area contributed by atoms with E-state index in [9.17, 15) is 0 Å². The topological polar surface area (TPSA) is 51.4 Å². The highest BCUT2D eigenvalue weighted by Crippen LogP contribution is 2.23. The Morgan fingerprint density at radius 2 is 2.00 bits per heavy atom. The summed E-state index contributed by atoms with van der Waals surface area (Å²) >= 11 is 5.13. The van der Waals surface area contributed by atoms with Gasteiger partial charge in [-0.2, -0.15) is 0 Å². The fourth-order valence-corrected chi connectivity index (χ4v) is 1.98. The molecule has 0 unspecified atom stereocenters. The number of rotatable bonds is 5. The second kappa shape index (κ2) is 5.95. The predicted molar refractivity (Wildman–Crippen MR) is 90.9 cm³/mol. The number of para-hydroxylation sites is 1. The van der Waals surface area contributed by atoms with E-state index in [1.165, 1.54) is 0 Å². The molecule has 2 aromatic rings. The van der Waals surface area contributed by atoms with Crippen molar-refractivity contribution in [3.05, 3.63) is 35.9 Å². The average molecular weight is 303 g/mol. The number of benzene rings is 1. The smallest absolute Gasteiger partial charge is 0.214 e. The van der Waals surface area contributed by atoms with E-state index >= 15 is 0 Å². The second-order valence-corrected chi connectivity index (χ2v) is 6.32. The zero-order valence-electron chi connectivity index (χ0n) is 12.9. The number of likely N-dealkylation sites (N-methyl/N-ethyl adjacent to an activating group) is 1. The Bertz CT molecular complexity index is 668. The van der Waals surface area contributed by atoms with Gasteiger partial charge in [0.25, 0.3) is 0 Å². The molecule has 0 aliphatic heterocycles. The number of pyridine rings is 1. The van der Waals surface area contributed by atoms with Gasteiger partial charge in [-0.3, -0.25) is 0 Å². The second-order valence-electron chi connectivity index (χ2n) is 5.88. The third-order valence-corrected chi connectivity index (χ3v) is 3.96. The lowest BCUT2D eigenvalue weighted by molar-refractivity contribution is 0.111. The van der Waals surface area contributed by atoms with Crippen LogP contribution in [0.15, 0.2) is 30.3 Å². The number of aromatic nitrogens is 1. The number of ether oxygens (including phenoxy) is 1. The van der Waals surface area contributed by atoms with Crippen LogP contribution in [-0.4, -0.2) is 41.1 Å². The fraction of sp³-hybridized carbons (Fsp3) is 0.375. The molecule has 2 rings (SSSR count). The van der Waals surface area contributed by atoms with Crippen LogP contribution in [0.2, 0.25) is 0 Å². The van der Waals surface area contributed by atoms with E-state index in [0.29, 0.717) is 17.5 Å². The van der Waals surface area contributed by atoms with Crippen molar-refractivity contribution in [3.8, 4) is 5.88 Å². The summed E-state index contributed by atoms with van der Waals surface area (Å²) in [5, 5.41) is 0.948. The lowest BCUT2D eigenvalue weighted by Crippen LogP contribution is -2.43. The Morgan fingerprint density at radius 1 is 1.33 bits per heavy atom. The van der Waals surface area contributed by atoms with Crippen molar-refractivity contribution < 1.29 is 4.74 Å². The quantitative estimate of drug-likeness (QED) is 0.860. The number of hydrogen-bond donors (Lipinski definition) is 1. The van der Waals surface area contributed by atoms with Gasteiger partial charge in [-0.05, 0) is 34.0 Å². The standard InChI is InChI=1S/C16H21N3OS/c1-16(2,19(3)4)10-20-14-9-12(15(17)21)11-7-5-6-8-13(11)18-14/h5-9H,10H2,1-4H3,(H2,17,21).